The third-order valence-electron chi connectivity index (χ3n) is 5.13. The molecule has 0 saturated carbocycles. The van der Waals surface area contributed by atoms with Gasteiger partial charge in [0, 0.05) is 35.6 Å². The van der Waals surface area contributed by atoms with Crippen molar-refractivity contribution in [2.75, 3.05) is 5.32 Å². The van der Waals surface area contributed by atoms with Crippen molar-refractivity contribution in [1.29, 1.82) is 0 Å². The number of nitrogens with one attached hydrogen (secondary N) is 1. The van der Waals surface area contributed by atoms with Gasteiger partial charge in [-0.05, 0) is 48.4 Å². The second-order valence-electron chi connectivity index (χ2n) is 7.37. The molecule has 0 spiro atoms. The Kier molecular flexibility index (Phi) is 5.36. The van der Waals surface area contributed by atoms with Crippen molar-refractivity contribution in [2.24, 2.45) is 0 Å². The first-order valence-electron chi connectivity index (χ1n) is 10.3. The highest BCUT2D eigenvalue weighted by Crippen LogP contribution is 2.22. The van der Waals surface area contributed by atoms with Gasteiger partial charge in [-0.15, -0.1) is 10.2 Å². The van der Waals surface area contributed by atoms with Gasteiger partial charge in [0.1, 0.15) is 0 Å². The first-order valence-corrected chi connectivity index (χ1v) is 10.3. The summed E-state index contributed by atoms with van der Waals surface area (Å²) in [5.74, 6) is 0.629. The fourth-order valence-electron chi connectivity index (χ4n) is 3.47. The van der Waals surface area contributed by atoms with E-state index in [1.54, 1.807) is 16.9 Å². The number of nitrogens with zero attached hydrogens (tertiary/aromatic N) is 5. The number of hydrogen-bond donors (Lipinski definition) is 1. The zero-order chi connectivity index (χ0) is 21.8. The maximum atomic E-state index is 12.3. The van der Waals surface area contributed by atoms with Gasteiger partial charge in [0.15, 0.2) is 11.5 Å². The van der Waals surface area contributed by atoms with E-state index in [4.69, 9.17) is 5.10 Å². The van der Waals surface area contributed by atoms with Gasteiger partial charge in [0.05, 0.1) is 5.69 Å². The fraction of sp³-hybridized carbons (Fsp3) is 0.0800. The first-order chi connectivity index (χ1) is 15.8. The molecule has 1 N–H and O–H groups in total. The highest BCUT2D eigenvalue weighted by Gasteiger charge is 2.11. The molecule has 0 saturated heterocycles. The standard InChI is InChI=1S/C25H20N6O/c32-24(15-8-18-5-2-1-3-6-18)27-21-11-9-19(10-12-21)22-13-14-23-28-29-25(31(23)30-22)20-7-4-16-26-17-20/h1-7,9-14,16-17H,8,15H2,(H,27,32). The van der Waals surface area contributed by atoms with Gasteiger partial charge in [0.25, 0.3) is 0 Å². The number of amides is 1. The van der Waals surface area contributed by atoms with E-state index in [-0.39, 0.29) is 5.91 Å². The molecule has 3 aromatic heterocycles. The summed E-state index contributed by atoms with van der Waals surface area (Å²) in [7, 11) is 0. The van der Waals surface area contributed by atoms with Crippen LogP contribution in [-0.4, -0.2) is 30.7 Å². The molecule has 3 heterocycles. The molecule has 156 valence electrons. The number of carbonyl (C=O) groups is 1. The van der Waals surface area contributed by atoms with Gasteiger partial charge in [-0.3, -0.25) is 9.78 Å². The van der Waals surface area contributed by atoms with Crippen molar-refractivity contribution < 1.29 is 4.79 Å². The topological polar surface area (TPSA) is 85.1 Å². The Morgan fingerprint density at radius 1 is 0.844 bits per heavy atom. The Bertz CT molecular complexity index is 1350. The van der Waals surface area contributed by atoms with Gasteiger partial charge in [-0.25, -0.2) is 0 Å². The van der Waals surface area contributed by atoms with E-state index in [1.165, 1.54) is 0 Å². The molecule has 7 nitrogen and oxygen atoms in total. The van der Waals surface area contributed by atoms with Crippen molar-refractivity contribution >= 4 is 17.2 Å². The van der Waals surface area contributed by atoms with Crippen molar-refractivity contribution in [1.82, 2.24) is 24.8 Å². The summed E-state index contributed by atoms with van der Waals surface area (Å²) >= 11 is 0. The minimum absolute atomic E-state index is 0.00764. The highest BCUT2D eigenvalue weighted by atomic mass is 16.1. The molecule has 0 bridgehead atoms. The Morgan fingerprint density at radius 2 is 1.69 bits per heavy atom. The summed E-state index contributed by atoms with van der Waals surface area (Å²) < 4.78 is 1.71. The molecule has 0 atom stereocenters. The van der Waals surface area contributed by atoms with E-state index in [2.05, 4.69) is 20.5 Å². The number of rotatable bonds is 6. The van der Waals surface area contributed by atoms with Gasteiger partial charge in [0.2, 0.25) is 5.91 Å². The van der Waals surface area contributed by atoms with Crippen LogP contribution in [0, 0.1) is 0 Å². The lowest BCUT2D eigenvalue weighted by Gasteiger charge is -2.07. The molecule has 32 heavy (non-hydrogen) atoms. The molecule has 0 aliphatic rings. The number of hydrogen-bond acceptors (Lipinski definition) is 5. The monoisotopic (exact) mass is 420 g/mol. The van der Waals surface area contributed by atoms with E-state index >= 15 is 0 Å². The van der Waals surface area contributed by atoms with Crippen LogP contribution in [-0.2, 0) is 11.2 Å². The maximum Gasteiger partial charge on any atom is 0.224 e. The normalized spacial score (nSPS) is 10.9. The number of pyridine rings is 1. The molecule has 2 aromatic carbocycles. The van der Waals surface area contributed by atoms with E-state index in [1.807, 2.05) is 78.9 Å². The van der Waals surface area contributed by atoms with Gasteiger partial charge in [-0.2, -0.15) is 9.61 Å². The van der Waals surface area contributed by atoms with Gasteiger partial charge < -0.3 is 5.32 Å². The second-order valence-corrected chi connectivity index (χ2v) is 7.37. The Labute approximate surface area is 184 Å². The predicted molar refractivity (Wildman–Crippen MR) is 123 cm³/mol. The Hall–Kier alpha value is -4.39. The predicted octanol–water partition coefficient (Wildman–Crippen LogP) is 4.42. The summed E-state index contributed by atoms with van der Waals surface area (Å²) in [5.41, 5.74) is 5.13. The lowest BCUT2D eigenvalue weighted by Crippen LogP contribution is -2.12. The van der Waals surface area contributed by atoms with Crippen LogP contribution in [0.25, 0.3) is 28.3 Å². The molecule has 0 fully saturated rings. The third kappa shape index (κ3) is 4.22. The SMILES string of the molecule is O=C(CCc1ccccc1)Nc1ccc(-c2ccc3nnc(-c4cccnc4)n3n2)cc1. The average molecular weight is 420 g/mol. The summed E-state index contributed by atoms with van der Waals surface area (Å²) in [4.78, 5) is 16.4. The number of benzene rings is 2. The van der Waals surface area contributed by atoms with Gasteiger partial charge >= 0.3 is 0 Å². The number of anilines is 1. The van der Waals surface area contributed by atoms with Crippen LogP contribution in [0.1, 0.15) is 12.0 Å². The molecule has 5 aromatic rings. The van der Waals surface area contributed by atoms with E-state index in [9.17, 15) is 4.79 Å². The zero-order valence-electron chi connectivity index (χ0n) is 17.2. The first kappa shape index (κ1) is 19.6. The second kappa shape index (κ2) is 8.77. The minimum atomic E-state index is -0.00764. The molecule has 5 rings (SSSR count). The van der Waals surface area contributed by atoms with E-state index < -0.39 is 0 Å². The van der Waals surface area contributed by atoms with E-state index in [0.29, 0.717) is 24.3 Å². The lowest BCUT2D eigenvalue weighted by atomic mass is 10.1. The number of carbonyl (C=O) groups excluding carboxylic acids is 1. The van der Waals surface area contributed by atoms with Crippen LogP contribution in [0.5, 0.6) is 0 Å². The quantitative estimate of drug-likeness (QED) is 0.439. The molecule has 1 amide bonds. The number of fused-ring (bicyclic) bond motifs is 1. The van der Waals surface area contributed by atoms with E-state index in [0.717, 1.165) is 28.1 Å². The fourth-order valence-corrected chi connectivity index (χ4v) is 3.47. The number of aromatic nitrogens is 5. The van der Waals surface area contributed by atoms with Crippen LogP contribution in [0.2, 0.25) is 0 Å². The Morgan fingerprint density at radius 3 is 2.47 bits per heavy atom. The molecular formula is C25H20N6O. The summed E-state index contributed by atoms with van der Waals surface area (Å²) in [5, 5.41) is 16.1. The van der Waals surface area contributed by atoms with Crippen molar-refractivity contribution in [2.45, 2.75) is 12.8 Å². The molecular weight excluding hydrogens is 400 g/mol. The summed E-state index contributed by atoms with van der Waals surface area (Å²) in [6.07, 6.45) is 4.61. The van der Waals surface area contributed by atoms with Crippen LogP contribution in [0.15, 0.2) is 91.3 Å². The molecule has 0 unspecified atom stereocenters. The van der Waals surface area contributed by atoms with Crippen LogP contribution in [0.4, 0.5) is 5.69 Å². The summed E-state index contributed by atoms with van der Waals surface area (Å²) in [6.45, 7) is 0. The third-order valence-corrected chi connectivity index (χ3v) is 5.13. The van der Waals surface area contributed by atoms with Crippen molar-refractivity contribution in [3.05, 3.63) is 96.8 Å². The zero-order valence-corrected chi connectivity index (χ0v) is 17.2. The average Bonchev–Trinajstić information content (AvgIpc) is 3.28. The van der Waals surface area contributed by atoms with Crippen LogP contribution >= 0.6 is 0 Å². The lowest BCUT2D eigenvalue weighted by molar-refractivity contribution is -0.116. The smallest absolute Gasteiger partial charge is 0.224 e. The van der Waals surface area contributed by atoms with Crippen molar-refractivity contribution in [3.8, 4) is 22.6 Å². The van der Waals surface area contributed by atoms with Gasteiger partial charge in [-0.1, -0.05) is 42.5 Å². The maximum absolute atomic E-state index is 12.3. The largest absolute Gasteiger partial charge is 0.326 e. The Balaban J connectivity index is 1.31. The molecule has 0 radical (unpaired) electrons. The summed E-state index contributed by atoms with van der Waals surface area (Å²) in [6, 6.07) is 25.2. The number of aryl methyl sites for hydroxylation is 1. The van der Waals surface area contributed by atoms with Crippen molar-refractivity contribution in [3.63, 3.8) is 0 Å². The molecule has 0 aliphatic carbocycles. The minimum Gasteiger partial charge on any atom is -0.326 e. The van der Waals surface area contributed by atoms with Crippen LogP contribution in [0.3, 0.4) is 0 Å². The van der Waals surface area contributed by atoms with Crippen LogP contribution < -0.4 is 5.32 Å². The molecule has 7 heteroatoms. The molecule has 0 aliphatic heterocycles. The highest BCUT2D eigenvalue weighted by molar-refractivity contribution is 5.91.